The standard InChI is InChI=1S/C6H9N3O2/c1-4(10)3-7-6-8-5(2)9-11-6/h3H2,1-2H3,(H,7,8,9). The van der Waals surface area contributed by atoms with Gasteiger partial charge in [-0.1, -0.05) is 5.16 Å². The molecule has 5 nitrogen and oxygen atoms in total. The lowest BCUT2D eigenvalue weighted by atomic mass is 10.4. The van der Waals surface area contributed by atoms with Gasteiger partial charge in [-0.25, -0.2) is 0 Å². The summed E-state index contributed by atoms with van der Waals surface area (Å²) in [6.45, 7) is 3.42. The fourth-order valence-corrected chi connectivity index (χ4v) is 0.569. The Hall–Kier alpha value is -1.39. The molecule has 11 heavy (non-hydrogen) atoms. The molecule has 0 aromatic carbocycles. The van der Waals surface area contributed by atoms with E-state index in [1.807, 2.05) is 0 Å². The number of nitrogens with one attached hydrogen (secondary N) is 1. The first-order chi connectivity index (χ1) is 5.18. The number of aryl methyl sites for hydroxylation is 1. The van der Waals surface area contributed by atoms with Crippen molar-refractivity contribution in [3.05, 3.63) is 5.82 Å². The van der Waals surface area contributed by atoms with E-state index in [1.165, 1.54) is 6.92 Å². The number of rotatable bonds is 3. The van der Waals surface area contributed by atoms with Gasteiger partial charge in [-0.2, -0.15) is 4.98 Å². The van der Waals surface area contributed by atoms with Crippen LogP contribution in [0.5, 0.6) is 0 Å². The third kappa shape index (κ3) is 2.37. The van der Waals surface area contributed by atoms with Crippen molar-refractivity contribution < 1.29 is 9.32 Å². The van der Waals surface area contributed by atoms with E-state index in [9.17, 15) is 4.79 Å². The van der Waals surface area contributed by atoms with Gasteiger partial charge in [0, 0.05) is 0 Å². The summed E-state index contributed by atoms with van der Waals surface area (Å²) in [6.07, 6.45) is 0. The molecule has 0 radical (unpaired) electrons. The molecule has 0 aliphatic carbocycles. The first-order valence-corrected chi connectivity index (χ1v) is 3.22. The van der Waals surface area contributed by atoms with Crippen LogP contribution in [0.2, 0.25) is 0 Å². The molecule has 1 aromatic heterocycles. The molecule has 0 aliphatic rings. The number of ketones is 1. The molecule has 0 unspecified atom stereocenters. The van der Waals surface area contributed by atoms with Crippen molar-refractivity contribution in [2.75, 3.05) is 11.9 Å². The molecule has 1 rings (SSSR count). The highest BCUT2D eigenvalue weighted by Gasteiger charge is 2.00. The molecular formula is C6H9N3O2. The topological polar surface area (TPSA) is 68.0 Å². The molecule has 0 aliphatic heterocycles. The maximum Gasteiger partial charge on any atom is 0.321 e. The van der Waals surface area contributed by atoms with Crippen LogP contribution in [0, 0.1) is 6.92 Å². The van der Waals surface area contributed by atoms with Gasteiger partial charge in [0.1, 0.15) is 5.78 Å². The number of aromatic nitrogens is 2. The molecule has 1 heterocycles. The molecule has 0 bridgehead atoms. The zero-order valence-electron chi connectivity index (χ0n) is 6.42. The van der Waals surface area contributed by atoms with Gasteiger partial charge in [-0.05, 0) is 13.8 Å². The van der Waals surface area contributed by atoms with E-state index in [2.05, 4.69) is 15.5 Å². The van der Waals surface area contributed by atoms with Crippen LogP contribution in [-0.4, -0.2) is 22.5 Å². The number of Topliss-reactive ketones (excluding diaryl/α,β-unsaturated/α-hetero) is 1. The molecule has 0 spiro atoms. The van der Waals surface area contributed by atoms with Gasteiger partial charge < -0.3 is 9.84 Å². The van der Waals surface area contributed by atoms with Crippen molar-refractivity contribution in [1.29, 1.82) is 0 Å². The van der Waals surface area contributed by atoms with Crippen LogP contribution in [0.25, 0.3) is 0 Å². The van der Waals surface area contributed by atoms with E-state index >= 15 is 0 Å². The summed E-state index contributed by atoms with van der Waals surface area (Å²) in [5, 5.41) is 6.21. The van der Waals surface area contributed by atoms with Crippen molar-refractivity contribution in [2.24, 2.45) is 0 Å². The SMILES string of the molecule is CC(=O)CNc1nc(C)no1. The minimum atomic E-state index is 0.0286. The Labute approximate surface area is 63.8 Å². The highest BCUT2D eigenvalue weighted by molar-refractivity contribution is 5.79. The van der Waals surface area contributed by atoms with E-state index in [4.69, 9.17) is 4.52 Å². The summed E-state index contributed by atoms with van der Waals surface area (Å²) < 4.78 is 4.69. The lowest BCUT2D eigenvalue weighted by molar-refractivity contribution is -0.115. The van der Waals surface area contributed by atoms with Crippen LogP contribution in [0.3, 0.4) is 0 Å². The van der Waals surface area contributed by atoms with E-state index in [0.717, 1.165) is 0 Å². The summed E-state index contributed by atoms with van der Waals surface area (Å²) in [4.78, 5) is 14.3. The third-order valence-corrected chi connectivity index (χ3v) is 1.02. The first-order valence-electron chi connectivity index (χ1n) is 3.22. The van der Waals surface area contributed by atoms with Gasteiger partial charge in [0.25, 0.3) is 0 Å². The number of nitrogens with zero attached hydrogens (tertiary/aromatic N) is 2. The predicted octanol–water partition coefficient (Wildman–Crippen LogP) is 0.379. The summed E-state index contributed by atoms with van der Waals surface area (Å²) in [5.41, 5.74) is 0. The second-order valence-electron chi connectivity index (χ2n) is 2.20. The molecule has 1 aromatic rings. The Bertz CT molecular complexity index is 256. The summed E-state index contributed by atoms with van der Waals surface area (Å²) >= 11 is 0. The predicted molar refractivity (Wildman–Crippen MR) is 38.2 cm³/mol. The normalized spacial score (nSPS) is 9.64. The molecule has 5 heteroatoms. The Balaban J connectivity index is 2.45. The van der Waals surface area contributed by atoms with Crippen molar-refractivity contribution in [1.82, 2.24) is 10.1 Å². The van der Waals surface area contributed by atoms with Crippen LogP contribution in [0.4, 0.5) is 6.01 Å². The van der Waals surface area contributed by atoms with Gasteiger partial charge in [0.2, 0.25) is 0 Å². The van der Waals surface area contributed by atoms with Gasteiger partial charge in [0.15, 0.2) is 5.82 Å². The first kappa shape index (κ1) is 7.71. The highest BCUT2D eigenvalue weighted by atomic mass is 16.5. The van der Waals surface area contributed by atoms with Crippen molar-refractivity contribution >= 4 is 11.8 Å². The zero-order valence-corrected chi connectivity index (χ0v) is 6.42. The molecule has 1 N–H and O–H groups in total. The lowest BCUT2D eigenvalue weighted by Gasteiger charge is -1.93. The fourth-order valence-electron chi connectivity index (χ4n) is 0.569. The monoisotopic (exact) mass is 155 g/mol. The molecule has 0 saturated heterocycles. The summed E-state index contributed by atoms with van der Waals surface area (Å²) in [7, 11) is 0. The Morgan fingerprint density at radius 1 is 1.73 bits per heavy atom. The quantitative estimate of drug-likeness (QED) is 0.683. The fraction of sp³-hybridized carbons (Fsp3) is 0.500. The summed E-state index contributed by atoms with van der Waals surface area (Å²) in [5.74, 6) is 0.580. The van der Waals surface area contributed by atoms with E-state index in [-0.39, 0.29) is 18.3 Å². The number of carbonyl (C=O) groups excluding carboxylic acids is 1. The number of anilines is 1. The average Bonchev–Trinajstić information content (AvgIpc) is 2.31. The zero-order chi connectivity index (χ0) is 8.27. The molecule has 0 amide bonds. The largest absolute Gasteiger partial charge is 0.331 e. The lowest BCUT2D eigenvalue weighted by Crippen LogP contribution is -2.09. The van der Waals surface area contributed by atoms with Crippen molar-refractivity contribution in [3.63, 3.8) is 0 Å². The van der Waals surface area contributed by atoms with Crippen molar-refractivity contribution in [2.45, 2.75) is 13.8 Å². The number of carbonyl (C=O) groups is 1. The second kappa shape index (κ2) is 3.14. The van der Waals surface area contributed by atoms with E-state index < -0.39 is 0 Å². The maximum absolute atomic E-state index is 10.5. The Kier molecular flexibility index (Phi) is 2.20. The molecular weight excluding hydrogens is 146 g/mol. The Morgan fingerprint density at radius 2 is 2.45 bits per heavy atom. The van der Waals surface area contributed by atoms with Crippen LogP contribution < -0.4 is 5.32 Å². The minimum Gasteiger partial charge on any atom is -0.331 e. The maximum atomic E-state index is 10.5. The number of hydrogen-bond donors (Lipinski definition) is 1. The summed E-state index contributed by atoms with van der Waals surface area (Å²) in [6, 6.07) is 0.290. The van der Waals surface area contributed by atoms with Gasteiger partial charge in [0.05, 0.1) is 6.54 Å². The number of hydrogen-bond acceptors (Lipinski definition) is 5. The van der Waals surface area contributed by atoms with Crippen molar-refractivity contribution in [3.8, 4) is 0 Å². The minimum absolute atomic E-state index is 0.0286. The van der Waals surface area contributed by atoms with E-state index in [0.29, 0.717) is 5.82 Å². The Morgan fingerprint density at radius 3 is 2.91 bits per heavy atom. The van der Waals surface area contributed by atoms with Crippen LogP contribution >= 0.6 is 0 Å². The second-order valence-corrected chi connectivity index (χ2v) is 2.20. The molecule has 0 atom stereocenters. The van der Waals surface area contributed by atoms with Gasteiger partial charge >= 0.3 is 6.01 Å². The van der Waals surface area contributed by atoms with Crippen LogP contribution in [0.15, 0.2) is 4.52 Å². The van der Waals surface area contributed by atoms with Crippen LogP contribution in [0.1, 0.15) is 12.7 Å². The van der Waals surface area contributed by atoms with Crippen LogP contribution in [-0.2, 0) is 4.79 Å². The van der Waals surface area contributed by atoms with E-state index in [1.54, 1.807) is 6.92 Å². The van der Waals surface area contributed by atoms with Gasteiger partial charge in [-0.3, -0.25) is 4.79 Å². The highest BCUT2D eigenvalue weighted by Crippen LogP contribution is 2.00. The third-order valence-electron chi connectivity index (χ3n) is 1.02. The molecule has 60 valence electrons. The molecule has 0 fully saturated rings. The smallest absolute Gasteiger partial charge is 0.321 e. The average molecular weight is 155 g/mol. The molecule has 0 saturated carbocycles. The van der Waals surface area contributed by atoms with Gasteiger partial charge in [-0.15, -0.1) is 0 Å².